The summed E-state index contributed by atoms with van der Waals surface area (Å²) in [6, 6.07) is 20.4. The van der Waals surface area contributed by atoms with Gasteiger partial charge in [-0.3, -0.25) is 0 Å². The van der Waals surface area contributed by atoms with Gasteiger partial charge in [-0.05, 0) is 56.2 Å². The van der Waals surface area contributed by atoms with Crippen molar-refractivity contribution >= 4 is 14.7 Å². The zero-order chi connectivity index (χ0) is 17.6. The fraction of sp³-hybridized carbons (Fsp3) is 0.333. The molecule has 0 bridgehead atoms. The van der Waals surface area contributed by atoms with Crippen molar-refractivity contribution in [1.82, 2.24) is 0 Å². The van der Waals surface area contributed by atoms with Crippen molar-refractivity contribution in [3.05, 3.63) is 87.6 Å². The first-order valence-corrected chi connectivity index (χ1v) is 11.1. The van der Waals surface area contributed by atoms with Crippen LogP contribution in [-0.2, 0) is 12.8 Å². The maximum Gasteiger partial charge on any atom is 0.0832 e. The Kier molecular flexibility index (Phi) is 6.09. The van der Waals surface area contributed by atoms with Gasteiger partial charge in [-0.25, -0.2) is 0 Å². The van der Waals surface area contributed by atoms with E-state index in [1.165, 1.54) is 36.8 Å². The van der Waals surface area contributed by atoms with Crippen molar-refractivity contribution in [2.24, 2.45) is 0 Å². The largest absolute Gasteiger partial charge is 0.0832 e. The molecule has 0 N–H and O–H groups in total. The van der Waals surface area contributed by atoms with E-state index in [1.807, 2.05) is 0 Å². The number of rotatable bonds is 7. The molecule has 0 radical (unpaired) electrons. The minimum absolute atomic E-state index is 0.313. The molecule has 2 aromatic rings. The quantitative estimate of drug-likeness (QED) is 0.615. The van der Waals surface area contributed by atoms with E-state index in [0.29, 0.717) is 0 Å². The summed E-state index contributed by atoms with van der Waals surface area (Å²) in [5.41, 5.74) is 7.70. The molecule has 0 spiro atoms. The summed E-state index contributed by atoms with van der Waals surface area (Å²) in [6.45, 7) is 6.92. The predicted molar refractivity (Wildman–Crippen MR) is 113 cm³/mol. The molecule has 0 atom stereocenters. The molecule has 1 aliphatic rings. The Balaban J connectivity index is 1.64. The molecular formula is C24H30Si. The van der Waals surface area contributed by atoms with Crippen LogP contribution < -0.4 is 5.19 Å². The van der Waals surface area contributed by atoms with Crippen molar-refractivity contribution in [3.63, 3.8) is 0 Å². The highest BCUT2D eigenvalue weighted by molar-refractivity contribution is 6.61. The lowest BCUT2D eigenvalue weighted by Gasteiger charge is -2.08. The molecule has 0 unspecified atom stereocenters. The standard InChI is InChI=1S/C24H30Si/c1-4-5-9-20-12-14-21(15-13-20)16-22-17-24(19(3)18(22)2)25-23-10-7-6-8-11-23/h6-8,10-15H,4-5,9,16-17,25H2,1-3H3. The maximum atomic E-state index is 2.34. The van der Waals surface area contributed by atoms with Crippen molar-refractivity contribution in [3.8, 4) is 0 Å². The van der Waals surface area contributed by atoms with E-state index in [1.54, 1.807) is 27.1 Å². The summed E-state index contributed by atoms with van der Waals surface area (Å²) in [5.74, 6) is 0. The molecule has 25 heavy (non-hydrogen) atoms. The fourth-order valence-electron chi connectivity index (χ4n) is 3.74. The first kappa shape index (κ1) is 17.9. The van der Waals surface area contributed by atoms with Gasteiger partial charge in [-0.15, -0.1) is 0 Å². The van der Waals surface area contributed by atoms with Gasteiger partial charge < -0.3 is 0 Å². The zero-order valence-electron chi connectivity index (χ0n) is 15.9. The number of hydrogen-bond acceptors (Lipinski definition) is 0. The summed E-state index contributed by atoms with van der Waals surface area (Å²) in [5, 5.41) is 3.30. The van der Waals surface area contributed by atoms with Crippen molar-refractivity contribution < 1.29 is 0 Å². The van der Waals surface area contributed by atoms with Gasteiger partial charge in [-0.2, -0.15) is 0 Å². The number of allylic oxidation sites excluding steroid dienone is 4. The summed E-state index contributed by atoms with van der Waals surface area (Å²) in [7, 11) is -0.313. The van der Waals surface area contributed by atoms with Crippen molar-refractivity contribution in [2.75, 3.05) is 0 Å². The molecular weight excluding hydrogens is 316 g/mol. The molecule has 2 aromatic carbocycles. The summed E-state index contributed by atoms with van der Waals surface area (Å²) >= 11 is 0. The molecule has 0 aliphatic heterocycles. The van der Waals surface area contributed by atoms with Gasteiger partial charge in [0.1, 0.15) is 0 Å². The number of benzene rings is 2. The third-order valence-electron chi connectivity index (χ3n) is 5.57. The van der Waals surface area contributed by atoms with Crippen LogP contribution in [-0.4, -0.2) is 9.52 Å². The summed E-state index contributed by atoms with van der Waals surface area (Å²) in [6.07, 6.45) is 6.10. The van der Waals surface area contributed by atoms with Gasteiger partial charge in [0.05, 0.1) is 9.52 Å². The Morgan fingerprint density at radius 3 is 2.20 bits per heavy atom. The van der Waals surface area contributed by atoms with E-state index < -0.39 is 0 Å². The molecule has 0 heterocycles. The van der Waals surface area contributed by atoms with Gasteiger partial charge in [-0.1, -0.05) is 89.5 Å². The third kappa shape index (κ3) is 4.61. The Morgan fingerprint density at radius 1 is 0.840 bits per heavy atom. The van der Waals surface area contributed by atoms with Gasteiger partial charge in [0, 0.05) is 0 Å². The molecule has 1 aliphatic carbocycles. The minimum Gasteiger partial charge on any atom is -0.0755 e. The van der Waals surface area contributed by atoms with Crippen LogP contribution in [0.15, 0.2) is 76.5 Å². The Labute approximate surface area is 155 Å². The topological polar surface area (TPSA) is 0 Å². The Morgan fingerprint density at radius 2 is 1.52 bits per heavy atom. The van der Waals surface area contributed by atoms with Crippen LogP contribution in [0.25, 0.3) is 0 Å². The van der Waals surface area contributed by atoms with E-state index in [2.05, 4.69) is 75.4 Å². The molecule has 0 amide bonds. The molecule has 1 heteroatoms. The molecule has 0 fully saturated rings. The van der Waals surface area contributed by atoms with Gasteiger partial charge in [0.2, 0.25) is 0 Å². The average molecular weight is 347 g/mol. The maximum absolute atomic E-state index is 2.34. The van der Waals surface area contributed by atoms with E-state index in [-0.39, 0.29) is 9.52 Å². The summed E-state index contributed by atoms with van der Waals surface area (Å²) in [4.78, 5) is 0. The highest BCUT2D eigenvalue weighted by Crippen LogP contribution is 2.33. The molecule has 3 rings (SSSR count). The van der Waals surface area contributed by atoms with E-state index in [0.717, 1.165) is 6.42 Å². The number of hydrogen-bond donors (Lipinski definition) is 0. The third-order valence-corrected chi connectivity index (χ3v) is 7.66. The van der Waals surface area contributed by atoms with Crippen LogP contribution >= 0.6 is 0 Å². The average Bonchev–Trinajstić information content (AvgIpc) is 2.90. The van der Waals surface area contributed by atoms with Crippen LogP contribution in [0.4, 0.5) is 0 Å². The number of aryl methyl sites for hydroxylation is 1. The minimum atomic E-state index is -0.313. The molecule has 130 valence electrons. The first-order chi connectivity index (χ1) is 12.2. The van der Waals surface area contributed by atoms with Crippen LogP contribution in [0.3, 0.4) is 0 Å². The van der Waals surface area contributed by atoms with Crippen LogP contribution in [0.5, 0.6) is 0 Å². The fourth-order valence-corrected chi connectivity index (χ4v) is 5.69. The van der Waals surface area contributed by atoms with Crippen molar-refractivity contribution in [1.29, 1.82) is 0 Å². The molecule has 0 saturated heterocycles. The lowest BCUT2D eigenvalue weighted by Crippen LogP contribution is -2.16. The second-order valence-electron chi connectivity index (χ2n) is 7.39. The summed E-state index contributed by atoms with van der Waals surface area (Å²) < 4.78 is 0. The van der Waals surface area contributed by atoms with E-state index >= 15 is 0 Å². The smallest absolute Gasteiger partial charge is 0.0755 e. The van der Waals surface area contributed by atoms with Crippen LogP contribution in [0.1, 0.15) is 51.2 Å². The second kappa shape index (κ2) is 8.49. The Bertz CT molecular complexity index is 764. The highest BCUT2D eigenvalue weighted by atomic mass is 28.2. The van der Waals surface area contributed by atoms with E-state index in [9.17, 15) is 0 Å². The molecule has 0 nitrogen and oxygen atoms in total. The number of unbranched alkanes of at least 4 members (excludes halogenated alkanes) is 1. The Hall–Kier alpha value is -1.86. The van der Waals surface area contributed by atoms with Crippen LogP contribution in [0.2, 0.25) is 0 Å². The first-order valence-electron chi connectivity index (χ1n) is 9.66. The van der Waals surface area contributed by atoms with Gasteiger partial charge >= 0.3 is 0 Å². The monoisotopic (exact) mass is 346 g/mol. The van der Waals surface area contributed by atoms with Gasteiger partial charge in [0.15, 0.2) is 0 Å². The zero-order valence-corrected chi connectivity index (χ0v) is 17.4. The lowest BCUT2D eigenvalue weighted by molar-refractivity contribution is 0.794. The predicted octanol–water partition coefficient (Wildman–Crippen LogP) is 5.06. The van der Waals surface area contributed by atoms with Crippen LogP contribution in [0, 0.1) is 0 Å². The van der Waals surface area contributed by atoms with E-state index in [4.69, 9.17) is 0 Å². The normalized spacial score (nSPS) is 15.0. The molecule has 0 saturated carbocycles. The second-order valence-corrected chi connectivity index (χ2v) is 9.42. The highest BCUT2D eigenvalue weighted by Gasteiger charge is 2.19. The van der Waals surface area contributed by atoms with Crippen molar-refractivity contribution in [2.45, 2.75) is 52.9 Å². The SMILES string of the molecule is CCCCc1ccc(CC2=C(C)C(C)=C([SiH2]c3ccccc3)C2)cc1. The molecule has 0 aromatic heterocycles. The lowest BCUT2D eigenvalue weighted by atomic mass is 9.99. The van der Waals surface area contributed by atoms with Gasteiger partial charge in [0.25, 0.3) is 0 Å².